The molecule has 6 heteroatoms. The lowest BCUT2D eigenvalue weighted by molar-refractivity contribution is -0.120. The van der Waals surface area contributed by atoms with Gasteiger partial charge in [0.2, 0.25) is 5.91 Å². The molecule has 6 nitrogen and oxygen atoms in total. The van der Waals surface area contributed by atoms with E-state index in [0.29, 0.717) is 12.1 Å². The highest BCUT2D eigenvalue weighted by atomic mass is 16.4. The van der Waals surface area contributed by atoms with Gasteiger partial charge in [-0.05, 0) is 31.2 Å². The lowest BCUT2D eigenvalue weighted by atomic mass is 10.1. The molecule has 0 spiro atoms. The van der Waals surface area contributed by atoms with Crippen molar-refractivity contribution in [2.75, 3.05) is 13.1 Å². The molecule has 0 atom stereocenters. The zero-order valence-electron chi connectivity index (χ0n) is 10.6. The summed E-state index contributed by atoms with van der Waals surface area (Å²) in [5, 5.41) is 13.9. The fourth-order valence-corrected chi connectivity index (χ4v) is 1.44. The van der Waals surface area contributed by atoms with Crippen molar-refractivity contribution in [3.8, 4) is 0 Å². The second kappa shape index (κ2) is 7.15. The molecule has 0 aliphatic carbocycles. The van der Waals surface area contributed by atoms with Gasteiger partial charge in [0, 0.05) is 25.1 Å². The van der Waals surface area contributed by atoms with Crippen molar-refractivity contribution in [1.29, 1.82) is 0 Å². The average Bonchev–Trinajstić information content (AvgIpc) is 2.39. The summed E-state index contributed by atoms with van der Waals surface area (Å²) in [6.45, 7) is 2.62. The molecule has 1 rings (SSSR count). The van der Waals surface area contributed by atoms with Crippen LogP contribution < -0.4 is 10.6 Å². The lowest BCUT2D eigenvalue weighted by Gasteiger charge is -2.05. The molecule has 0 saturated heterocycles. The van der Waals surface area contributed by atoms with Gasteiger partial charge in [-0.2, -0.15) is 0 Å². The molecule has 0 fully saturated rings. The van der Waals surface area contributed by atoms with E-state index >= 15 is 0 Å². The van der Waals surface area contributed by atoms with Crippen LogP contribution in [0.1, 0.15) is 34.1 Å². The first-order chi connectivity index (χ1) is 9.04. The molecule has 0 aliphatic heterocycles. The Hall–Kier alpha value is -2.37. The number of carbonyl (C=O) groups excluding carboxylic acids is 2. The largest absolute Gasteiger partial charge is 0.478 e. The Morgan fingerprint density at radius 1 is 1.05 bits per heavy atom. The molecule has 102 valence electrons. The number of aromatic carboxylic acids is 1. The number of benzene rings is 1. The minimum Gasteiger partial charge on any atom is -0.478 e. The van der Waals surface area contributed by atoms with Crippen LogP contribution in [0.15, 0.2) is 24.3 Å². The Labute approximate surface area is 110 Å². The normalized spacial score (nSPS) is 9.74. The van der Waals surface area contributed by atoms with Gasteiger partial charge in [0.25, 0.3) is 5.91 Å². The van der Waals surface area contributed by atoms with Crippen molar-refractivity contribution < 1.29 is 19.5 Å². The van der Waals surface area contributed by atoms with Gasteiger partial charge in [0.15, 0.2) is 0 Å². The standard InChI is InChI=1S/C13H16N2O4/c1-2-14-11(16)7-8-15-12(17)9-3-5-10(6-4-9)13(18)19/h3-6H,2,7-8H2,1H3,(H,14,16)(H,15,17)(H,18,19). The number of rotatable bonds is 6. The SMILES string of the molecule is CCNC(=O)CCNC(=O)c1ccc(C(=O)O)cc1. The maximum absolute atomic E-state index is 11.7. The molecule has 2 amide bonds. The van der Waals surface area contributed by atoms with Crippen molar-refractivity contribution >= 4 is 17.8 Å². The third kappa shape index (κ3) is 4.79. The van der Waals surface area contributed by atoms with E-state index in [1.54, 1.807) is 0 Å². The molecular formula is C13H16N2O4. The molecule has 1 aromatic carbocycles. The monoisotopic (exact) mass is 264 g/mol. The maximum Gasteiger partial charge on any atom is 0.335 e. The highest BCUT2D eigenvalue weighted by Crippen LogP contribution is 2.04. The Kier molecular flexibility index (Phi) is 5.53. The molecular weight excluding hydrogens is 248 g/mol. The van der Waals surface area contributed by atoms with Gasteiger partial charge in [-0.1, -0.05) is 0 Å². The Morgan fingerprint density at radius 2 is 1.63 bits per heavy atom. The summed E-state index contributed by atoms with van der Waals surface area (Å²) >= 11 is 0. The number of carboxylic acid groups (broad SMARTS) is 1. The quantitative estimate of drug-likeness (QED) is 0.702. The van der Waals surface area contributed by atoms with Crippen LogP contribution in [0.5, 0.6) is 0 Å². The van der Waals surface area contributed by atoms with E-state index in [4.69, 9.17) is 5.11 Å². The summed E-state index contributed by atoms with van der Waals surface area (Å²) < 4.78 is 0. The van der Waals surface area contributed by atoms with E-state index < -0.39 is 5.97 Å². The average molecular weight is 264 g/mol. The molecule has 0 bridgehead atoms. The summed E-state index contributed by atoms with van der Waals surface area (Å²) in [5.74, 6) is -1.49. The van der Waals surface area contributed by atoms with Gasteiger partial charge in [-0.15, -0.1) is 0 Å². The predicted octanol–water partition coefficient (Wildman–Crippen LogP) is 0.641. The molecule has 0 aliphatic rings. The van der Waals surface area contributed by atoms with Crippen molar-refractivity contribution in [2.45, 2.75) is 13.3 Å². The number of hydrogen-bond acceptors (Lipinski definition) is 3. The number of carboxylic acids is 1. The highest BCUT2D eigenvalue weighted by molar-refractivity contribution is 5.96. The third-order valence-corrected chi connectivity index (χ3v) is 2.41. The Balaban J connectivity index is 2.45. The first kappa shape index (κ1) is 14.7. The number of hydrogen-bond donors (Lipinski definition) is 3. The van der Waals surface area contributed by atoms with Crippen LogP contribution in [-0.4, -0.2) is 36.0 Å². The van der Waals surface area contributed by atoms with Crippen LogP contribution in [0.4, 0.5) is 0 Å². The zero-order valence-corrected chi connectivity index (χ0v) is 10.6. The smallest absolute Gasteiger partial charge is 0.335 e. The van der Waals surface area contributed by atoms with E-state index in [2.05, 4.69) is 10.6 Å². The van der Waals surface area contributed by atoms with Crippen LogP contribution in [0.25, 0.3) is 0 Å². The summed E-state index contributed by atoms with van der Waals surface area (Å²) in [6, 6.07) is 5.60. The van der Waals surface area contributed by atoms with E-state index in [1.807, 2.05) is 6.92 Å². The highest BCUT2D eigenvalue weighted by Gasteiger charge is 2.08. The molecule has 0 aromatic heterocycles. The van der Waals surface area contributed by atoms with Gasteiger partial charge < -0.3 is 15.7 Å². The van der Waals surface area contributed by atoms with Gasteiger partial charge in [-0.3, -0.25) is 9.59 Å². The minimum absolute atomic E-state index is 0.121. The molecule has 19 heavy (non-hydrogen) atoms. The first-order valence-corrected chi connectivity index (χ1v) is 5.93. The van der Waals surface area contributed by atoms with Crippen LogP contribution in [0.3, 0.4) is 0 Å². The molecule has 0 saturated carbocycles. The summed E-state index contributed by atoms with van der Waals surface area (Å²) in [7, 11) is 0. The predicted molar refractivity (Wildman–Crippen MR) is 69.0 cm³/mol. The summed E-state index contributed by atoms with van der Waals surface area (Å²) in [4.78, 5) is 33.5. The van der Waals surface area contributed by atoms with Crippen LogP contribution in [-0.2, 0) is 4.79 Å². The van der Waals surface area contributed by atoms with Crippen molar-refractivity contribution in [1.82, 2.24) is 10.6 Å². The topological polar surface area (TPSA) is 95.5 Å². The van der Waals surface area contributed by atoms with Crippen LogP contribution in [0.2, 0.25) is 0 Å². The fourth-order valence-electron chi connectivity index (χ4n) is 1.44. The molecule has 3 N–H and O–H groups in total. The number of carbonyl (C=O) groups is 3. The minimum atomic E-state index is -1.04. The first-order valence-electron chi connectivity index (χ1n) is 5.93. The number of nitrogens with one attached hydrogen (secondary N) is 2. The van der Waals surface area contributed by atoms with Gasteiger partial charge in [0.05, 0.1) is 5.56 Å². The molecule has 1 aromatic rings. The summed E-state index contributed by atoms with van der Waals surface area (Å²) in [6.07, 6.45) is 0.215. The Morgan fingerprint density at radius 3 is 2.16 bits per heavy atom. The van der Waals surface area contributed by atoms with Crippen molar-refractivity contribution in [3.63, 3.8) is 0 Å². The fraction of sp³-hybridized carbons (Fsp3) is 0.308. The summed E-state index contributed by atoms with van der Waals surface area (Å²) in [5.41, 5.74) is 0.486. The molecule has 0 radical (unpaired) electrons. The van der Waals surface area contributed by atoms with Gasteiger partial charge >= 0.3 is 5.97 Å². The van der Waals surface area contributed by atoms with E-state index in [9.17, 15) is 14.4 Å². The second-order valence-corrected chi connectivity index (χ2v) is 3.84. The second-order valence-electron chi connectivity index (χ2n) is 3.84. The van der Waals surface area contributed by atoms with E-state index in [0.717, 1.165) is 0 Å². The van der Waals surface area contributed by atoms with Gasteiger partial charge in [-0.25, -0.2) is 4.79 Å². The molecule has 0 heterocycles. The van der Waals surface area contributed by atoms with Crippen molar-refractivity contribution in [2.24, 2.45) is 0 Å². The third-order valence-electron chi connectivity index (χ3n) is 2.41. The zero-order chi connectivity index (χ0) is 14.3. The van der Waals surface area contributed by atoms with Crippen LogP contribution >= 0.6 is 0 Å². The van der Waals surface area contributed by atoms with E-state index in [-0.39, 0.29) is 30.3 Å². The van der Waals surface area contributed by atoms with E-state index in [1.165, 1.54) is 24.3 Å². The molecule has 0 unspecified atom stereocenters. The van der Waals surface area contributed by atoms with Crippen LogP contribution in [0, 0.1) is 0 Å². The van der Waals surface area contributed by atoms with Gasteiger partial charge in [0.1, 0.15) is 0 Å². The maximum atomic E-state index is 11.7. The lowest BCUT2D eigenvalue weighted by Crippen LogP contribution is -2.30. The van der Waals surface area contributed by atoms with Crippen molar-refractivity contribution in [3.05, 3.63) is 35.4 Å². The number of amides is 2. The Bertz CT molecular complexity index is 468.